The van der Waals surface area contributed by atoms with Crippen LogP contribution in [0.2, 0.25) is 0 Å². The van der Waals surface area contributed by atoms with Gasteiger partial charge in [-0.25, -0.2) is 4.79 Å². The summed E-state index contributed by atoms with van der Waals surface area (Å²) in [6.07, 6.45) is 2.34. The minimum absolute atomic E-state index is 0.131. The van der Waals surface area contributed by atoms with Gasteiger partial charge in [-0.3, -0.25) is 4.79 Å². The van der Waals surface area contributed by atoms with Gasteiger partial charge in [-0.15, -0.1) is 0 Å². The third kappa shape index (κ3) is 1.50. The number of hydrogen-bond acceptors (Lipinski definition) is 6. The smallest absolute Gasteiger partial charge is 0.334 e. The molecule has 2 fully saturated rings. The molecule has 0 radical (unpaired) electrons. The van der Waals surface area contributed by atoms with E-state index >= 15 is 0 Å². The molecule has 0 spiro atoms. The number of ketones is 1. The molecule has 0 amide bonds. The molecule has 1 saturated carbocycles. The molecule has 0 N–H and O–H groups in total. The average molecular weight is 282 g/mol. The van der Waals surface area contributed by atoms with Crippen molar-refractivity contribution in [3.05, 3.63) is 11.6 Å². The van der Waals surface area contributed by atoms with E-state index in [1.807, 2.05) is 0 Å². The van der Waals surface area contributed by atoms with Crippen LogP contribution in [0.3, 0.4) is 0 Å². The topological polar surface area (TPSA) is 71.1 Å². The van der Waals surface area contributed by atoms with Gasteiger partial charge in [0.1, 0.15) is 0 Å². The summed E-state index contributed by atoms with van der Waals surface area (Å²) in [6, 6.07) is 0. The molecule has 110 valence electrons. The zero-order valence-electron chi connectivity index (χ0n) is 11.8. The van der Waals surface area contributed by atoms with Crippen molar-refractivity contribution in [1.29, 1.82) is 0 Å². The predicted molar refractivity (Wildman–Crippen MR) is 66.7 cm³/mol. The summed E-state index contributed by atoms with van der Waals surface area (Å²) in [6.45, 7) is 0.585. The number of fused-ring (bicyclic) bond motifs is 1. The van der Waals surface area contributed by atoms with Gasteiger partial charge in [0.25, 0.3) is 0 Å². The van der Waals surface area contributed by atoms with Crippen molar-refractivity contribution in [3.8, 4) is 0 Å². The molecule has 3 aliphatic carbocycles. The molecule has 0 unspecified atom stereocenters. The third-order valence-corrected chi connectivity index (χ3v) is 4.76. The molecule has 20 heavy (non-hydrogen) atoms. The first-order chi connectivity index (χ1) is 9.60. The normalized spacial score (nSPS) is 37.5. The molecule has 6 nitrogen and oxygen atoms in total. The minimum atomic E-state index is -1.31. The molecule has 4 aliphatic rings. The quantitative estimate of drug-likeness (QED) is 0.548. The van der Waals surface area contributed by atoms with E-state index < -0.39 is 17.7 Å². The van der Waals surface area contributed by atoms with E-state index in [2.05, 4.69) is 0 Å². The van der Waals surface area contributed by atoms with Crippen molar-refractivity contribution < 1.29 is 28.5 Å². The van der Waals surface area contributed by atoms with E-state index in [0.717, 1.165) is 6.42 Å². The van der Waals surface area contributed by atoms with Crippen molar-refractivity contribution in [3.63, 3.8) is 0 Å². The van der Waals surface area contributed by atoms with Crippen LogP contribution in [0.15, 0.2) is 11.6 Å². The van der Waals surface area contributed by atoms with Crippen LogP contribution in [0.1, 0.15) is 6.42 Å². The zero-order valence-corrected chi connectivity index (χ0v) is 11.8. The fraction of sp³-hybridized carbons (Fsp3) is 0.714. The summed E-state index contributed by atoms with van der Waals surface area (Å²) in [5.41, 5.74) is 0.371. The van der Waals surface area contributed by atoms with Gasteiger partial charge >= 0.3 is 5.97 Å². The highest BCUT2D eigenvalue weighted by Crippen LogP contribution is 2.53. The highest BCUT2D eigenvalue weighted by molar-refractivity contribution is 6.03. The highest BCUT2D eigenvalue weighted by atomic mass is 16.7. The molecule has 2 bridgehead atoms. The monoisotopic (exact) mass is 282 g/mol. The lowest BCUT2D eigenvalue weighted by atomic mass is 9.59. The Morgan fingerprint density at radius 3 is 2.65 bits per heavy atom. The van der Waals surface area contributed by atoms with Crippen LogP contribution < -0.4 is 0 Å². The van der Waals surface area contributed by atoms with Crippen molar-refractivity contribution in [2.75, 3.05) is 27.9 Å². The van der Waals surface area contributed by atoms with Crippen LogP contribution in [-0.2, 0) is 28.5 Å². The van der Waals surface area contributed by atoms with Gasteiger partial charge in [-0.05, 0) is 6.42 Å². The molecule has 0 aromatic carbocycles. The Morgan fingerprint density at radius 1 is 1.35 bits per heavy atom. The summed E-state index contributed by atoms with van der Waals surface area (Å²) in [5.74, 6) is -2.90. The molecule has 6 heteroatoms. The van der Waals surface area contributed by atoms with Gasteiger partial charge in [0.2, 0.25) is 11.6 Å². The van der Waals surface area contributed by atoms with Gasteiger partial charge in [0.05, 0.1) is 19.1 Å². The Bertz CT molecular complexity index is 478. The van der Waals surface area contributed by atoms with Crippen molar-refractivity contribution in [1.82, 2.24) is 0 Å². The Kier molecular flexibility index (Phi) is 3.19. The second-order valence-corrected chi connectivity index (χ2v) is 5.34. The van der Waals surface area contributed by atoms with Crippen LogP contribution in [0.4, 0.5) is 0 Å². The van der Waals surface area contributed by atoms with E-state index in [1.54, 1.807) is 6.08 Å². The summed E-state index contributed by atoms with van der Waals surface area (Å²) in [4.78, 5) is 24.7. The first kappa shape index (κ1) is 13.7. The number of rotatable bonds is 3. The second-order valence-electron chi connectivity index (χ2n) is 5.34. The first-order valence-electron chi connectivity index (χ1n) is 6.67. The van der Waals surface area contributed by atoms with Crippen LogP contribution in [0.25, 0.3) is 0 Å². The molecular weight excluding hydrogens is 264 g/mol. The lowest BCUT2D eigenvalue weighted by molar-refractivity contribution is -0.251. The number of carbonyl (C=O) groups is 2. The maximum atomic E-state index is 12.8. The molecular formula is C14H18O6. The molecule has 0 aromatic rings. The Labute approximate surface area is 117 Å². The van der Waals surface area contributed by atoms with Gasteiger partial charge in [-0.2, -0.15) is 0 Å². The van der Waals surface area contributed by atoms with E-state index in [0.29, 0.717) is 12.2 Å². The van der Waals surface area contributed by atoms with E-state index in [4.69, 9.17) is 18.9 Å². The Hall–Kier alpha value is -1.24. The largest absolute Gasteiger partial charge is 0.466 e. The van der Waals surface area contributed by atoms with Crippen LogP contribution >= 0.6 is 0 Å². The van der Waals surface area contributed by atoms with Gasteiger partial charge in [-0.1, -0.05) is 6.08 Å². The van der Waals surface area contributed by atoms with Crippen LogP contribution in [0.5, 0.6) is 0 Å². The fourth-order valence-electron chi connectivity index (χ4n) is 3.89. The molecule has 1 saturated heterocycles. The molecule has 1 aliphatic heterocycles. The fourth-order valence-corrected chi connectivity index (χ4v) is 3.89. The van der Waals surface area contributed by atoms with Crippen molar-refractivity contribution in [2.24, 2.45) is 17.8 Å². The van der Waals surface area contributed by atoms with Crippen molar-refractivity contribution >= 4 is 11.8 Å². The Morgan fingerprint density at radius 2 is 2.05 bits per heavy atom. The number of Topliss-reactive ketones (excluding diaryl/α,β-unsaturated/α-hetero) is 1. The van der Waals surface area contributed by atoms with Crippen LogP contribution in [0, 0.1) is 17.8 Å². The molecule has 1 heterocycles. The van der Waals surface area contributed by atoms with E-state index in [1.165, 1.54) is 21.3 Å². The number of hydrogen-bond donors (Lipinski definition) is 0. The van der Waals surface area contributed by atoms with E-state index in [-0.39, 0.29) is 23.7 Å². The summed E-state index contributed by atoms with van der Waals surface area (Å²) in [7, 11) is 4.22. The number of methoxy groups -OCH3 is 3. The predicted octanol–water partition coefficient (Wildman–Crippen LogP) is 0.309. The molecule has 4 atom stereocenters. The minimum Gasteiger partial charge on any atom is -0.466 e. The lowest BCUT2D eigenvalue weighted by Gasteiger charge is -2.51. The zero-order chi connectivity index (χ0) is 14.5. The van der Waals surface area contributed by atoms with Crippen molar-refractivity contribution in [2.45, 2.75) is 18.3 Å². The molecule has 4 rings (SSSR count). The standard InChI is InChI=1S/C14H18O6/c1-17-13(16)8-6-9-7-4-5-20-11(7)10(8)12(15)14(9,18-2)19-3/h6-7,9-11H,4-5H2,1-3H3/t7-,9-,10-,11-/m0/s1. The Balaban J connectivity index is 2.12. The van der Waals surface area contributed by atoms with Crippen LogP contribution in [-0.4, -0.2) is 51.6 Å². The summed E-state index contributed by atoms with van der Waals surface area (Å²) in [5, 5.41) is 0. The summed E-state index contributed by atoms with van der Waals surface area (Å²) >= 11 is 0. The van der Waals surface area contributed by atoms with Gasteiger partial charge < -0.3 is 18.9 Å². The maximum Gasteiger partial charge on any atom is 0.334 e. The second kappa shape index (κ2) is 4.65. The summed E-state index contributed by atoms with van der Waals surface area (Å²) < 4.78 is 21.3. The van der Waals surface area contributed by atoms with Gasteiger partial charge in [0, 0.05) is 38.2 Å². The average Bonchev–Trinajstić information content (AvgIpc) is 2.97. The number of esters is 1. The third-order valence-electron chi connectivity index (χ3n) is 4.76. The SMILES string of the molecule is COC(=O)C1=C[C@H]2[C@@H]3CCO[C@@H]3[C@H]1C(=O)C2(OC)OC. The highest BCUT2D eigenvalue weighted by Gasteiger charge is 2.66. The number of ether oxygens (including phenoxy) is 4. The van der Waals surface area contributed by atoms with E-state index in [9.17, 15) is 9.59 Å². The first-order valence-corrected chi connectivity index (χ1v) is 6.67. The lowest BCUT2D eigenvalue weighted by Crippen LogP contribution is -2.65. The molecule has 0 aromatic heterocycles. The number of carbonyl (C=O) groups excluding carboxylic acids is 2. The van der Waals surface area contributed by atoms with Gasteiger partial charge in [0.15, 0.2) is 0 Å². The maximum absolute atomic E-state index is 12.8.